The molecule has 1 saturated carbocycles. The van der Waals surface area contributed by atoms with Crippen molar-refractivity contribution >= 4 is 5.97 Å². The first kappa shape index (κ1) is 15.3. The molecule has 0 radical (unpaired) electrons. The monoisotopic (exact) mass is 295 g/mol. The molecule has 3 fully saturated rings. The van der Waals surface area contributed by atoms with E-state index in [1.54, 1.807) is 0 Å². The molecule has 1 aliphatic carbocycles. The number of likely N-dealkylation sites (tertiary alicyclic amines) is 1. The van der Waals surface area contributed by atoms with Crippen LogP contribution in [0.4, 0.5) is 0 Å². The summed E-state index contributed by atoms with van der Waals surface area (Å²) in [5, 5.41) is 9.66. The van der Waals surface area contributed by atoms with Gasteiger partial charge in [0.05, 0.1) is 6.10 Å². The first-order valence-electron chi connectivity index (χ1n) is 8.69. The maximum Gasteiger partial charge on any atom is 0.320 e. The van der Waals surface area contributed by atoms with E-state index in [0.29, 0.717) is 30.0 Å². The zero-order valence-corrected chi connectivity index (χ0v) is 13.3. The summed E-state index contributed by atoms with van der Waals surface area (Å²) in [6.45, 7) is 5.19. The van der Waals surface area contributed by atoms with Crippen LogP contribution < -0.4 is 0 Å². The molecule has 0 aromatic heterocycles. The van der Waals surface area contributed by atoms with E-state index in [-0.39, 0.29) is 6.04 Å². The van der Waals surface area contributed by atoms with Crippen LogP contribution in [0.1, 0.15) is 58.8 Å². The molecular formula is C17H29NO3. The molecular weight excluding hydrogens is 266 g/mol. The summed E-state index contributed by atoms with van der Waals surface area (Å²) >= 11 is 0. The first-order chi connectivity index (χ1) is 10.1. The first-order valence-corrected chi connectivity index (χ1v) is 8.69. The molecule has 5 unspecified atom stereocenters. The van der Waals surface area contributed by atoms with Crippen molar-refractivity contribution in [3.63, 3.8) is 0 Å². The minimum absolute atomic E-state index is 0.256. The van der Waals surface area contributed by atoms with Crippen molar-refractivity contribution in [2.45, 2.75) is 83.0 Å². The topological polar surface area (TPSA) is 49.8 Å². The predicted molar refractivity (Wildman–Crippen MR) is 81.2 cm³/mol. The smallest absolute Gasteiger partial charge is 0.320 e. The van der Waals surface area contributed by atoms with Gasteiger partial charge in [0.25, 0.3) is 0 Å². The van der Waals surface area contributed by atoms with Crippen LogP contribution in [-0.2, 0) is 9.53 Å². The molecule has 2 aliphatic heterocycles. The summed E-state index contributed by atoms with van der Waals surface area (Å²) in [5.74, 6) is 0.512. The van der Waals surface area contributed by atoms with Gasteiger partial charge in [0, 0.05) is 18.7 Å². The Hall–Kier alpha value is -0.610. The second-order valence-electron chi connectivity index (χ2n) is 7.48. The Morgan fingerprint density at radius 2 is 1.95 bits per heavy atom. The molecule has 0 bridgehead atoms. The van der Waals surface area contributed by atoms with E-state index in [9.17, 15) is 9.90 Å². The molecule has 0 spiro atoms. The molecule has 0 aromatic carbocycles. The number of carboxylic acid groups (broad SMARTS) is 1. The lowest BCUT2D eigenvalue weighted by Gasteiger charge is -2.43. The van der Waals surface area contributed by atoms with Gasteiger partial charge in [-0.1, -0.05) is 26.7 Å². The SMILES string of the molecule is CC(C)C1CC(N2C(C(=O)O)CC3CCCCC32)CCO1. The molecule has 2 heterocycles. The molecule has 3 rings (SSSR count). The molecule has 4 heteroatoms. The standard InChI is InChI=1S/C17H29NO3/c1-11(2)16-10-13(7-8-21-16)18-14-6-4-3-5-12(14)9-15(18)17(19)20/h11-16H,3-10H2,1-2H3,(H,19,20). The fourth-order valence-electron chi connectivity index (χ4n) is 4.79. The Balaban J connectivity index is 1.77. The van der Waals surface area contributed by atoms with Crippen LogP contribution >= 0.6 is 0 Å². The van der Waals surface area contributed by atoms with Crippen molar-refractivity contribution in [1.82, 2.24) is 4.90 Å². The summed E-state index contributed by atoms with van der Waals surface area (Å²) < 4.78 is 5.89. The number of nitrogens with zero attached hydrogens (tertiary/aromatic N) is 1. The van der Waals surface area contributed by atoms with Crippen molar-refractivity contribution < 1.29 is 14.6 Å². The fraction of sp³-hybridized carbons (Fsp3) is 0.941. The number of aliphatic carboxylic acids is 1. The lowest BCUT2D eigenvalue weighted by Crippen LogP contribution is -2.52. The van der Waals surface area contributed by atoms with Crippen LogP contribution in [0.5, 0.6) is 0 Å². The quantitative estimate of drug-likeness (QED) is 0.870. The maximum absolute atomic E-state index is 11.7. The van der Waals surface area contributed by atoms with Crippen LogP contribution in [0.15, 0.2) is 0 Å². The average Bonchev–Trinajstić information content (AvgIpc) is 2.87. The van der Waals surface area contributed by atoms with E-state index in [4.69, 9.17) is 4.74 Å². The van der Waals surface area contributed by atoms with Gasteiger partial charge in [0.1, 0.15) is 6.04 Å². The Labute approximate surface area is 127 Å². The second-order valence-corrected chi connectivity index (χ2v) is 7.48. The number of hydrogen-bond donors (Lipinski definition) is 1. The van der Waals surface area contributed by atoms with E-state index >= 15 is 0 Å². The van der Waals surface area contributed by atoms with Crippen LogP contribution in [0, 0.1) is 11.8 Å². The summed E-state index contributed by atoms with van der Waals surface area (Å²) in [5.41, 5.74) is 0. The van der Waals surface area contributed by atoms with Crippen molar-refractivity contribution in [1.29, 1.82) is 0 Å². The van der Waals surface area contributed by atoms with Gasteiger partial charge >= 0.3 is 5.97 Å². The van der Waals surface area contributed by atoms with Crippen molar-refractivity contribution in [2.75, 3.05) is 6.61 Å². The van der Waals surface area contributed by atoms with E-state index in [1.807, 2.05) is 0 Å². The number of carboxylic acids is 1. The molecule has 3 aliphatic rings. The highest BCUT2D eigenvalue weighted by atomic mass is 16.5. The van der Waals surface area contributed by atoms with Gasteiger partial charge in [-0.05, 0) is 43.9 Å². The average molecular weight is 295 g/mol. The molecule has 2 saturated heterocycles. The highest BCUT2D eigenvalue weighted by molar-refractivity contribution is 5.74. The van der Waals surface area contributed by atoms with Crippen LogP contribution in [0.2, 0.25) is 0 Å². The largest absolute Gasteiger partial charge is 0.480 e. The zero-order valence-electron chi connectivity index (χ0n) is 13.3. The van der Waals surface area contributed by atoms with Crippen molar-refractivity contribution in [3.05, 3.63) is 0 Å². The summed E-state index contributed by atoms with van der Waals surface area (Å²) in [6, 6.07) is 0.658. The fourth-order valence-corrected chi connectivity index (χ4v) is 4.79. The van der Waals surface area contributed by atoms with E-state index in [1.165, 1.54) is 25.7 Å². The maximum atomic E-state index is 11.7. The minimum atomic E-state index is -0.614. The normalized spacial score (nSPS) is 41.2. The Morgan fingerprint density at radius 1 is 1.19 bits per heavy atom. The van der Waals surface area contributed by atoms with Gasteiger partial charge in [-0.15, -0.1) is 0 Å². The van der Waals surface area contributed by atoms with Crippen LogP contribution in [0.3, 0.4) is 0 Å². The predicted octanol–water partition coefficient (Wildman–Crippen LogP) is 2.91. The van der Waals surface area contributed by atoms with E-state index in [0.717, 1.165) is 25.9 Å². The van der Waals surface area contributed by atoms with E-state index < -0.39 is 5.97 Å². The van der Waals surface area contributed by atoms with Crippen molar-refractivity contribution in [3.8, 4) is 0 Å². The number of carbonyl (C=O) groups is 1. The summed E-state index contributed by atoms with van der Waals surface area (Å²) in [4.78, 5) is 14.1. The second kappa shape index (κ2) is 6.25. The third-order valence-corrected chi connectivity index (χ3v) is 5.88. The molecule has 1 N–H and O–H groups in total. The van der Waals surface area contributed by atoms with Gasteiger partial charge in [0.15, 0.2) is 0 Å². The lowest BCUT2D eigenvalue weighted by atomic mass is 9.84. The third-order valence-electron chi connectivity index (χ3n) is 5.88. The molecule has 5 atom stereocenters. The molecule has 120 valence electrons. The van der Waals surface area contributed by atoms with Crippen LogP contribution in [-0.4, -0.2) is 46.8 Å². The van der Waals surface area contributed by atoms with Gasteiger partial charge < -0.3 is 9.84 Å². The van der Waals surface area contributed by atoms with Crippen LogP contribution in [0.25, 0.3) is 0 Å². The number of hydrogen-bond acceptors (Lipinski definition) is 3. The Morgan fingerprint density at radius 3 is 2.67 bits per heavy atom. The Kier molecular flexibility index (Phi) is 4.55. The highest BCUT2D eigenvalue weighted by Crippen LogP contribution is 2.43. The van der Waals surface area contributed by atoms with Gasteiger partial charge in [-0.2, -0.15) is 0 Å². The molecule has 0 aromatic rings. The third kappa shape index (κ3) is 2.98. The zero-order chi connectivity index (χ0) is 15.0. The molecule has 21 heavy (non-hydrogen) atoms. The molecule has 4 nitrogen and oxygen atoms in total. The van der Waals surface area contributed by atoms with E-state index in [2.05, 4.69) is 18.7 Å². The van der Waals surface area contributed by atoms with Gasteiger partial charge in [0.2, 0.25) is 0 Å². The number of fused-ring (bicyclic) bond motifs is 1. The van der Waals surface area contributed by atoms with Crippen molar-refractivity contribution in [2.24, 2.45) is 11.8 Å². The van der Waals surface area contributed by atoms with Gasteiger partial charge in [-0.3, -0.25) is 9.69 Å². The Bertz CT molecular complexity index is 384. The molecule has 0 amide bonds. The van der Waals surface area contributed by atoms with Gasteiger partial charge in [-0.25, -0.2) is 0 Å². The highest BCUT2D eigenvalue weighted by Gasteiger charge is 2.48. The summed E-state index contributed by atoms with van der Waals surface area (Å²) in [7, 11) is 0. The lowest BCUT2D eigenvalue weighted by molar-refractivity contribution is -0.145. The number of rotatable bonds is 3. The summed E-state index contributed by atoms with van der Waals surface area (Å²) in [6.07, 6.45) is 8.12. The number of ether oxygens (including phenoxy) is 1. The minimum Gasteiger partial charge on any atom is -0.480 e.